The highest BCUT2D eigenvalue weighted by Crippen LogP contribution is 2.41. The van der Waals surface area contributed by atoms with Gasteiger partial charge in [0.05, 0.1) is 12.5 Å². The Morgan fingerprint density at radius 2 is 1.83 bits per heavy atom. The number of carboxylic acids is 1. The first-order valence-corrected chi connectivity index (χ1v) is 11.8. The molecule has 2 aromatic carbocycles. The van der Waals surface area contributed by atoms with E-state index in [0.29, 0.717) is 38.2 Å². The SMILES string of the molecule is CC(C)Oc1cccc(CN2CCC3(CC2)C(=O)N(CCC(=O)O)C(=O)N3c2cccc(F)c2)c1. The maximum absolute atomic E-state index is 14.0. The lowest BCUT2D eigenvalue weighted by molar-refractivity contribution is -0.138. The number of amides is 3. The second-order valence-electron chi connectivity index (χ2n) is 9.32. The van der Waals surface area contributed by atoms with Crippen LogP contribution < -0.4 is 9.64 Å². The van der Waals surface area contributed by atoms with Crippen LogP contribution in [0, 0.1) is 5.82 Å². The Hall–Kier alpha value is -3.46. The normalized spacial score (nSPS) is 18.1. The Morgan fingerprint density at radius 3 is 2.49 bits per heavy atom. The summed E-state index contributed by atoms with van der Waals surface area (Å²) in [6, 6.07) is 12.9. The maximum atomic E-state index is 14.0. The van der Waals surface area contributed by atoms with Crippen LogP contribution in [0.1, 0.15) is 38.7 Å². The molecule has 8 nitrogen and oxygen atoms in total. The van der Waals surface area contributed by atoms with Gasteiger partial charge in [-0.3, -0.25) is 24.3 Å². The predicted octanol–water partition coefficient (Wildman–Crippen LogP) is 3.89. The van der Waals surface area contributed by atoms with Gasteiger partial charge >= 0.3 is 12.0 Å². The van der Waals surface area contributed by atoms with Gasteiger partial charge in [0, 0.05) is 31.9 Å². The molecule has 2 aliphatic heterocycles. The fourth-order valence-corrected chi connectivity index (χ4v) is 4.88. The molecule has 2 fully saturated rings. The quantitative estimate of drug-likeness (QED) is 0.573. The second kappa shape index (κ2) is 10.0. The van der Waals surface area contributed by atoms with E-state index in [-0.39, 0.29) is 19.1 Å². The van der Waals surface area contributed by atoms with Crippen LogP contribution in [0.4, 0.5) is 14.9 Å². The molecule has 0 saturated carbocycles. The summed E-state index contributed by atoms with van der Waals surface area (Å²) in [6.07, 6.45) is 0.453. The fourth-order valence-electron chi connectivity index (χ4n) is 4.88. The molecular weight excluding hydrogens is 453 g/mol. The molecule has 3 amide bonds. The number of carboxylic acid groups (broad SMARTS) is 1. The molecule has 1 N–H and O–H groups in total. The molecule has 2 saturated heterocycles. The summed E-state index contributed by atoms with van der Waals surface area (Å²) >= 11 is 0. The smallest absolute Gasteiger partial charge is 0.332 e. The first-order chi connectivity index (χ1) is 16.7. The fraction of sp³-hybridized carbons (Fsp3) is 0.423. The molecule has 0 aliphatic carbocycles. The Balaban J connectivity index is 1.55. The summed E-state index contributed by atoms with van der Waals surface area (Å²) in [5.74, 6) is -1.22. The van der Waals surface area contributed by atoms with E-state index in [1.54, 1.807) is 6.07 Å². The van der Waals surface area contributed by atoms with Gasteiger partial charge in [0.15, 0.2) is 0 Å². The molecule has 35 heavy (non-hydrogen) atoms. The molecule has 9 heteroatoms. The molecule has 1 spiro atoms. The van der Waals surface area contributed by atoms with Gasteiger partial charge in [0.2, 0.25) is 0 Å². The highest BCUT2D eigenvalue weighted by molar-refractivity contribution is 6.17. The average Bonchev–Trinajstić information content (AvgIpc) is 2.99. The lowest BCUT2D eigenvalue weighted by Crippen LogP contribution is -2.56. The minimum atomic E-state index is -1.16. The summed E-state index contributed by atoms with van der Waals surface area (Å²) in [5.41, 5.74) is 0.216. The number of imide groups is 1. The summed E-state index contributed by atoms with van der Waals surface area (Å²) in [6.45, 7) is 5.49. The third-order valence-corrected chi connectivity index (χ3v) is 6.47. The largest absolute Gasteiger partial charge is 0.491 e. The molecule has 0 bridgehead atoms. The van der Waals surface area contributed by atoms with Crippen LogP contribution in [0.2, 0.25) is 0 Å². The molecule has 0 unspecified atom stereocenters. The number of rotatable bonds is 8. The third kappa shape index (κ3) is 5.14. The third-order valence-electron chi connectivity index (χ3n) is 6.47. The van der Waals surface area contributed by atoms with Crippen LogP contribution in [0.15, 0.2) is 48.5 Å². The van der Waals surface area contributed by atoms with Crippen molar-refractivity contribution in [3.63, 3.8) is 0 Å². The van der Waals surface area contributed by atoms with E-state index in [9.17, 15) is 18.8 Å². The van der Waals surface area contributed by atoms with E-state index in [2.05, 4.69) is 4.90 Å². The van der Waals surface area contributed by atoms with Gasteiger partial charge in [-0.1, -0.05) is 18.2 Å². The lowest BCUT2D eigenvalue weighted by Gasteiger charge is -2.42. The molecule has 4 rings (SSSR count). The number of aliphatic carboxylic acids is 1. The van der Waals surface area contributed by atoms with Crippen molar-refractivity contribution in [3.8, 4) is 5.75 Å². The molecule has 2 heterocycles. The Morgan fingerprint density at radius 1 is 1.11 bits per heavy atom. The van der Waals surface area contributed by atoms with Gasteiger partial charge in [0.1, 0.15) is 17.1 Å². The lowest BCUT2D eigenvalue weighted by atomic mass is 9.85. The van der Waals surface area contributed by atoms with Gasteiger partial charge in [-0.15, -0.1) is 0 Å². The number of likely N-dealkylation sites (tertiary alicyclic amines) is 1. The number of carbonyl (C=O) groups is 3. The molecular formula is C26H30FN3O5. The summed E-state index contributed by atoms with van der Waals surface area (Å²) in [5, 5.41) is 9.08. The van der Waals surface area contributed by atoms with E-state index in [0.717, 1.165) is 16.2 Å². The van der Waals surface area contributed by atoms with Crippen molar-refractivity contribution in [3.05, 3.63) is 59.9 Å². The van der Waals surface area contributed by atoms with Gasteiger partial charge in [-0.25, -0.2) is 9.18 Å². The zero-order valence-electron chi connectivity index (χ0n) is 19.9. The van der Waals surface area contributed by atoms with Gasteiger partial charge in [-0.05, 0) is 62.6 Å². The number of carbonyl (C=O) groups excluding carboxylic acids is 2. The number of hydrogen-bond acceptors (Lipinski definition) is 5. The standard InChI is InChI=1S/C26H30FN3O5/c1-18(2)35-22-8-3-5-19(15-22)17-28-13-10-26(11-14-28)24(33)29(12-9-23(31)32)25(34)30(26)21-7-4-6-20(27)16-21/h3-8,15-16,18H,9-14,17H2,1-2H3,(H,31,32). The van der Waals surface area contributed by atoms with E-state index in [4.69, 9.17) is 9.84 Å². The van der Waals surface area contributed by atoms with Gasteiger partial charge in [0.25, 0.3) is 5.91 Å². The minimum Gasteiger partial charge on any atom is -0.491 e. The van der Waals surface area contributed by atoms with Crippen molar-refractivity contribution in [2.75, 3.05) is 24.5 Å². The van der Waals surface area contributed by atoms with E-state index < -0.39 is 29.3 Å². The van der Waals surface area contributed by atoms with Crippen molar-refractivity contribution >= 4 is 23.6 Å². The van der Waals surface area contributed by atoms with Crippen molar-refractivity contribution in [2.45, 2.75) is 51.3 Å². The predicted molar refractivity (Wildman–Crippen MR) is 128 cm³/mol. The number of anilines is 1. The first-order valence-electron chi connectivity index (χ1n) is 11.8. The van der Waals surface area contributed by atoms with E-state index in [1.807, 2.05) is 38.1 Å². The summed E-state index contributed by atoms with van der Waals surface area (Å²) in [7, 11) is 0. The average molecular weight is 484 g/mol. The summed E-state index contributed by atoms with van der Waals surface area (Å²) < 4.78 is 19.8. The number of piperidine rings is 1. The topological polar surface area (TPSA) is 90.4 Å². The van der Waals surface area contributed by atoms with Crippen molar-refractivity contribution in [1.29, 1.82) is 0 Å². The second-order valence-corrected chi connectivity index (χ2v) is 9.32. The molecule has 2 aromatic rings. The van der Waals surface area contributed by atoms with Crippen LogP contribution in [-0.4, -0.2) is 64.1 Å². The minimum absolute atomic E-state index is 0.0730. The first kappa shape index (κ1) is 24.7. The van der Waals surface area contributed by atoms with Crippen LogP contribution in [-0.2, 0) is 16.1 Å². The van der Waals surface area contributed by atoms with Crippen LogP contribution in [0.5, 0.6) is 5.75 Å². The van der Waals surface area contributed by atoms with Crippen LogP contribution in [0.25, 0.3) is 0 Å². The van der Waals surface area contributed by atoms with Gasteiger partial charge in [-0.2, -0.15) is 0 Å². The number of halogens is 1. The van der Waals surface area contributed by atoms with Crippen molar-refractivity contribution in [1.82, 2.24) is 9.80 Å². The molecule has 0 atom stereocenters. The van der Waals surface area contributed by atoms with Crippen molar-refractivity contribution in [2.24, 2.45) is 0 Å². The molecule has 186 valence electrons. The number of ether oxygens (including phenoxy) is 1. The summed E-state index contributed by atoms with van der Waals surface area (Å²) in [4.78, 5) is 42.5. The van der Waals surface area contributed by atoms with Gasteiger partial charge < -0.3 is 9.84 Å². The van der Waals surface area contributed by atoms with Crippen LogP contribution >= 0.6 is 0 Å². The van der Waals surface area contributed by atoms with E-state index in [1.165, 1.54) is 23.1 Å². The van der Waals surface area contributed by atoms with Crippen LogP contribution in [0.3, 0.4) is 0 Å². The highest BCUT2D eigenvalue weighted by Gasteiger charge is 2.58. The molecule has 0 aromatic heterocycles. The van der Waals surface area contributed by atoms with E-state index >= 15 is 0 Å². The number of urea groups is 1. The number of hydrogen-bond donors (Lipinski definition) is 1. The maximum Gasteiger partial charge on any atom is 0.332 e. The Kier molecular flexibility index (Phi) is 7.07. The highest BCUT2D eigenvalue weighted by atomic mass is 19.1. The molecule has 2 aliphatic rings. The number of nitrogens with zero attached hydrogens (tertiary/aromatic N) is 3. The zero-order valence-corrected chi connectivity index (χ0v) is 19.9. The Labute approximate surface area is 203 Å². The molecule has 0 radical (unpaired) electrons. The zero-order chi connectivity index (χ0) is 25.2. The van der Waals surface area contributed by atoms with Crippen molar-refractivity contribution < 1.29 is 28.6 Å². The Bertz CT molecular complexity index is 1110. The number of benzene rings is 2. The monoisotopic (exact) mass is 483 g/mol.